The number of thioether (sulfide) groups is 1. The molecule has 1 atom stereocenters. The van der Waals surface area contributed by atoms with Gasteiger partial charge in [-0.05, 0) is 18.6 Å². The van der Waals surface area contributed by atoms with Crippen molar-refractivity contribution >= 4 is 17.8 Å². The summed E-state index contributed by atoms with van der Waals surface area (Å²) in [5.74, 6) is 1.25. The number of amides is 2. The lowest BCUT2D eigenvalue weighted by Crippen LogP contribution is -2.38. The molecule has 4 heteroatoms. The second kappa shape index (κ2) is 5.37. The minimum Gasteiger partial charge on any atom is -0.337 e. The fourth-order valence-corrected chi connectivity index (χ4v) is 2.57. The summed E-state index contributed by atoms with van der Waals surface area (Å²) in [6, 6.07) is 0.0196. The maximum Gasteiger partial charge on any atom is 0.316 e. The van der Waals surface area contributed by atoms with Crippen LogP contribution in [0.15, 0.2) is 0 Å². The van der Waals surface area contributed by atoms with Gasteiger partial charge in [0, 0.05) is 25.9 Å². The minimum absolute atomic E-state index is 0.0196. The molecular formula is C9H18N2OS. The Morgan fingerprint density at radius 3 is 2.85 bits per heavy atom. The van der Waals surface area contributed by atoms with E-state index < -0.39 is 0 Å². The highest BCUT2D eigenvalue weighted by Crippen LogP contribution is 2.24. The van der Waals surface area contributed by atoms with E-state index in [1.54, 1.807) is 19.0 Å². The van der Waals surface area contributed by atoms with Crippen LogP contribution in [0.5, 0.6) is 0 Å². The molecule has 1 heterocycles. The molecule has 1 rings (SSSR count). The average Bonchev–Trinajstić information content (AvgIpc) is 2.15. The van der Waals surface area contributed by atoms with Crippen molar-refractivity contribution in [2.45, 2.75) is 24.5 Å². The van der Waals surface area contributed by atoms with Crippen LogP contribution < -0.4 is 5.32 Å². The van der Waals surface area contributed by atoms with Crippen molar-refractivity contribution in [2.24, 2.45) is 0 Å². The summed E-state index contributed by atoms with van der Waals surface area (Å²) < 4.78 is 0. The molecule has 0 radical (unpaired) electrons. The number of nitrogens with one attached hydrogen (secondary N) is 1. The highest BCUT2D eigenvalue weighted by atomic mass is 32.2. The van der Waals surface area contributed by atoms with Crippen LogP contribution in [0.25, 0.3) is 0 Å². The SMILES string of the molecule is CN(C)C(=O)NCC1CCCCS1. The van der Waals surface area contributed by atoms with Crippen LogP contribution in [0.2, 0.25) is 0 Å². The van der Waals surface area contributed by atoms with Gasteiger partial charge in [0.15, 0.2) is 0 Å². The molecule has 76 valence electrons. The third-order valence-electron chi connectivity index (χ3n) is 2.16. The summed E-state index contributed by atoms with van der Waals surface area (Å²) in [5.41, 5.74) is 0. The van der Waals surface area contributed by atoms with E-state index in [1.165, 1.54) is 25.0 Å². The Morgan fingerprint density at radius 2 is 2.31 bits per heavy atom. The van der Waals surface area contributed by atoms with Gasteiger partial charge in [-0.3, -0.25) is 0 Å². The second-order valence-corrected chi connectivity index (χ2v) is 4.98. The normalized spacial score (nSPS) is 22.5. The van der Waals surface area contributed by atoms with Crippen molar-refractivity contribution in [3.8, 4) is 0 Å². The Kier molecular flexibility index (Phi) is 4.42. The molecule has 0 saturated carbocycles. The first-order chi connectivity index (χ1) is 6.20. The van der Waals surface area contributed by atoms with E-state index in [1.807, 2.05) is 11.8 Å². The molecule has 1 fully saturated rings. The Labute approximate surface area is 84.2 Å². The summed E-state index contributed by atoms with van der Waals surface area (Å²) in [7, 11) is 3.53. The van der Waals surface area contributed by atoms with E-state index in [0.29, 0.717) is 5.25 Å². The first kappa shape index (κ1) is 10.7. The van der Waals surface area contributed by atoms with Crippen molar-refractivity contribution in [3.63, 3.8) is 0 Å². The van der Waals surface area contributed by atoms with Crippen LogP contribution in [-0.2, 0) is 0 Å². The molecule has 1 N–H and O–H groups in total. The van der Waals surface area contributed by atoms with Crippen molar-refractivity contribution in [1.29, 1.82) is 0 Å². The number of rotatable bonds is 2. The predicted octanol–water partition coefficient (Wildman–Crippen LogP) is 1.54. The fraction of sp³-hybridized carbons (Fsp3) is 0.889. The number of carbonyl (C=O) groups is 1. The van der Waals surface area contributed by atoms with Crippen molar-refractivity contribution in [3.05, 3.63) is 0 Å². The zero-order valence-electron chi connectivity index (χ0n) is 8.38. The number of urea groups is 1. The summed E-state index contributed by atoms with van der Waals surface area (Å²) >= 11 is 1.98. The standard InChI is InChI=1S/C9H18N2OS/c1-11(2)9(12)10-7-8-5-3-4-6-13-8/h8H,3-7H2,1-2H3,(H,10,12). The van der Waals surface area contributed by atoms with Crippen molar-refractivity contribution in [1.82, 2.24) is 10.2 Å². The van der Waals surface area contributed by atoms with Gasteiger partial charge in [0.1, 0.15) is 0 Å². The van der Waals surface area contributed by atoms with Gasteiger partial charge in [-0.15, -0.1) is 0 Å². The number of carbonyl (C=O) groups excluding carboxylic acids is 1. The molecule has 3 nitrogen and oxygen atoms in total. The highest BCUT2D eigenvalue weighted by Gasteiger charge is 2.14. The molecule has 0 aromatic carbocycles. The molecule has 2 amide bonds. The molecule has 0 aromatic heterocycles. The molecule has 1 aliphatic heterocycles. The quantitative estimate of drug-likeness (QED) is 0.736. The Hall–Kier alpha value is -0.380. The second-order valence-electron chi connectivity index (χ2n) is 3.57. The van der Waals surface area contributed by atoms with E-state index in [-0.39, 0.29) is 6.03 Å². The highest BCUT2D eigenvalue weighted by molar-refractivity contribution is 7.99. The Bertz CT molecular complexity index is 167. The molecular weight excluding hydrogens is 184 g/mol. The van der Waals surface area contributed by atoms with E-state index in [0.717, 1.165) is 6.54 Å². The maximum atomic E-state index is 11.2. The molecule has 1 aliphatic rings. The third kappa shape index (κ3) is 3.89. The maximum absolute atomic E-state index is 11.2. The summed E-state index contributed by atoms with van der Waals surface area (Å²) in [6.45, 7) is 0.821. The zero-order valence-corrected chi connectivity index (χ0v) is 9.19. The first-order valence-corrected chi connectivity index (χ1v) is 5.82. The van der Waals surface area contributed by atoms with Gasteiger partial charge >= 0.3 is 6.03 Å². The van der Waals surface area contributed by atoms with E-state index in [2.05, 4.69) is 5.32 Å². The summed E-state index contributed by atoms with van der Waals surface area (Å²) in [5, 5.41) is 3.55. The molecule has 0 aromatic rings. The molecule has 0 bridgehead atoms. The lowest BCUT2D eigenvalue weighted by molar-refractivity contribution is 0.217. The number of hydrogen-bond donors (Lipinski definition) is 1. The van der Waals surface area contributed by atoms with Crippen molar-refractivity contribution in [2.75, 3.05) is 26.4 Å². The minimum atomic E-state index is 0.0196. The van der Waals surface area contributed by atoms with Crippen LogP contribution in [0.1, 0.15) is 19.3 Å². The lowest BCUT2D eigenvalue weighted by Gasteiger charge is -2.22. The van der Waals surface area contributed by atoms with E-state index in [9.17, 15) is 4.79 Å². The monoisotopic (exact) mass is 202 g/mol. The van der Waals surface area contributed by atoms with Gasteiger partial charge in [-0.25, -0.2) is 4.79 Å². The summed E-state index contributed by atoms with van der Waals surface area (Å²) in [6.07, 6.45) is 3.90. The third-order valence-corrected chi connectivity index (χ3v) is 3.56. The van der Waals surface area contributed by atoms with Gasteiger partial charge in [0.05, 0.1) is 0 Å². The molecule has 13 heavy (non-hydrogen) atoms. The zero-order chi connectivity index (χ0) is 9.68. The Morgan fingerprint density at radius 1 is 1.54 bits per heavy atom. The van der Waals surface area contributed by atoms with E-state index in [4.69, 9.17) is 0 Å². The van der Waals surface area contributed by atoms with Crippen LogP contribution in [0.4, 0.5) is 4.79 Å². The molecule has 1 unspecified atom stereocenters. The van der Waals surface area contributed by atoms with Gasteiger partial charge in [0.25, 0.3) is 0 Å². The molecule has 0 aliphatic carbocycles. The van der Waals surface area contributed by atoms with Crippen LogP contribution in [-0.4, -0.2) is 42.6 Å². The van der Waals surface area contributed by atoms with Gasteiger partial charge in [0.2, 0.25) is 0 Å². The first-order valence-electron chi connectivity index (χ1n) is 4.77. The van der Waals surface area contributed by atoms with Crippen LogP contribution in [0, 0.1) is 0 Å². The van der Waals surface area contributed by atoms with E-state index >= 15 is 0 Å². The van der Waals surface area contributed by atoms with Crippen LogP contribution >= 0.6 is 11.8 Å². The smallest absolute Gasteiger partial charge is 0.316 e. The largest absolute Gasteiger partial charge is 0.337 e. The van der Waals surface area contributed by atoms with Gasteiger partial charge in [-0.1, -0.05) is 6.42 Å². The van der Waals surface area contributed by atoms with Gasteiger partial charge < -0.3 is 10.2 Å². The van der Waals surface area contributed by atoms with Gasteiger partial charge in [-0.2, -0.15) is 11.8 Å². The molecule has 0 spiro atoms. The Balaban J connectivity index is 2.13. The predicted molar refractivity (Wildman–Crippen MR) is 57.2 cm³/mol. The number of nitrogens with zero attached hydrogens (tertiary/aromatic N) is 1. The molecule has 1 saturated heterocycles. The topological polar surface area (TPSA) is 32.3 Å². The average molecular weight is 202 g/mol. The number of hydrogen-bond acceptors (Lipinski definition) is 2. The van der Waals surface area contributed by atoms with Crippen LogP contribution in [0.3, 0.4) is 0 Å². The summed E-state index contributed by atoms with van der Waals surface area (Å²) in [4.78, 5) is 12.8. The van der Waals surface area contributed by atoms with Crippen molar-refractivity contribution < 1.29 is 4.79 Å². The lowest BCUT2D eigenvalue weighted by atomic mass is 10.2. The fourth-order valence-electron chi connectivity index (χ4n) is 1.33.